The number of methoxy groups -OCH3 is 1. The molecule has 0 fully saturated rings. The zero-order chi connectivity index (χ0) is 15.4. The van der Waals surface area contributed by atoms with E-state index in [1.807, 2.05) is 42.5 Å². The molecule has 114 valence electrons. The van der Waals surface area contributed by atoms with Gasteiger partial charge in [0, 0.05) is 23.6 Å². The molecule has 0 aliphatic carbocycles. The van der Waals surface area contributed by atoms with Gasteiger partial charge < -0.3 is 14.8 Å². The van der Waals surface area contributed by atoms with E-state index in [9.17, 15) is 4.79 Å². The van der Waals surface area contributed by atoms with Crippen molar-refractivity contribution in [3.8, 4) is 11.5 Å². The third-order valence-corrected chi connectivity index (χ3v) is 3.89. The molecule has 0 aromatic heterocycles. The quantitative estimate of drug-likeness (QED) is 0.922. The molecule has 1 heterocycles. The van der Waals surface area contributed by atoms with Crippen molar-refractivity contribution in [2.75, 3.05) is 20.3 Å². The molecule has 0 bridgehead atoms. The minimum atomic E-state index is -0.00567. The normalized spacial score (nSPS) is 15.8. The van der Waals surface area contributed by atoms with Crippen molar-refractivity contribution in [1.82, 2.24) is 5.32 Å². The molecule has 2 aromatic rings. The van der Waals surface area contributed by atoms with E-state index >= 15 is 0 Å². The van der Waals surface area contributed by atoms with Crippen LogP contribution in [0.1, 0.15) is 17.0 Å². The van der Waals surface area contributed by atoms with Crippen molar-refractivity contribution in [1.29, 1.82) is 0 Å². The number of carbonyl (C=O) groups excluding carboxylic acids is 1. The van der Waals surface area contributed by atoms with Crippen LogP contribution in [0.25, 0.3) is 0 Å². The van der Waals surface area contributed by atoms with E-state index in [0.717, 1.165) is 17.1 Å². The zero-order valence-corrected chi connectivity index (χ0v) is 12.5. The molecule has 4 nitrogen and oxygen atoms in total. The maximum atomic E-state index is 12.1. The molecule has 3 rings (SSSR count). The van der Waals surface area contributed by atoms with E-state index in [-0.39, 0.29) is 11.8 Å². The maximum Gasteiger partial charge on any atom is 0.224 e. The van der Waals surface area contributed by atoms with Crippen molar-refractivity contribution in [3.05, 3.63) is 59.7 Å². The molecule has 22 heavy (non-hydrogen) atoms. The second-order valence-corrected chi connectivity index (χ2v) is 5.34. The summed E-state index contributed by atoms with van der Waals surface area (Å²) in [6.07, 6.45) is 0.319. The molecule has 2 aromatic carbocycles. The topological polar surface area (TPSA) is 47.6 Å². The molecule has 1 unspecified atom stereocenters. The Morgan fingerprint density at radius 2 is 2.00 bits per heavy atom. The van der Waals surface area contributed by atoms with Crippen LogP contribution < -0.4 is 14.8 Å². The Kier molecular flexibility index (Phi) is 4.28. The minimum absolute atomic E-state index is 0.00567. The largest absolute Gasteiger partial charge is 0.496 e. The van der Waals surface area contributed by atoms with Crippen LogP contribution >= 0.6 is 0 Å². The number of fused-ring (bicyclic) bond motifs is 1. The van der Waals surface area contributed by atoms with Crippen molar-refractivity contribution in [2.45, 2.75) is 12.3 Å². The monoisotopic (exact) mass is 297 g/mol. The lowest BCUT2D eigenvalue weighted by Crippen LogP contribution is -2.30. The number of para-hydroxylation sites is 2. The molecular formula is C18H19NO3. The van der Waals surface area contributed by atoms with Gasteiger partial charge in [-0.3, -0.25) is 4.79 Å². The second kappa shape index (κ2) is 6.52. The van der Waals surface area contributed by atoms with Gasteiger partial charge in [0.1, 0.15) is 11.5 Å². The van der Waals surface area contributed by atoms with Crippen molar-refractivity contribution >= 4 is 5.91 Å². The van der Waals surface area contributed by atoms with Gasteiger partial charge in [-0.1, -0.05) is 36.4 Å². The Morgan fingerprint density at radius 3 is 2.86 bits per heavy atom. The highest BCUT2D eigenvalue weighted by molar-refractivity contribution is 5.79. The number of hydrogen-bond donors (Lipinski definition) is 1. The summed E-state index contributed by atoms with van der Waals surface area (Å²) in [7, 11) is 1.61. The first-order valence-corrected chi connectivity index (χ1v) is 7.38. The Morgan fingerprint density at radius 1 is 1.23 bits per heavy atom. The molecule has 0 spiro atoms. The summed E-state index contributed by atoms with van der Waals surface area (Å²) in [6.45, 7) is 1.21. The van der Waals surface area contributed by atoms with Crippen LogP contribution in [0.4, 0.5) is 0 Å². The number of nitrogens with one attached hydrogen (secondary N) is 1. The van der Waals surface area contributed by atoms with E-state index in [1.54, 1.807) is 7.11 Å². The fourth-order valence-corrected chi connectivity index (χ4v) is 2.72. The van der Waals surface area contributed by atoms with Crippen molar-refractivity contribution < 1.29 is 14.3 Å². The molecule has 1 atom stereocenters. The highest BCUT2D eigenvalue weighted by Crippen LogP contribution is 2.32. The molecule has 1 aliphatic heterocycles. The van der Waals surface area contributed by atoms with Gasteiger partial charge in [-0.15, -0.1) is 0 Å². The number of hydrogen-bond acceptors (Lipinski definition) is 3. The summed E-state index contributed by atoms with van der Waals surface area (Å²) >= 11 is 0. The summed E-state index contributed by atoms with van der Waals surface area (Å²) in [5, 5.41) is 2.99. The molecule has 4 heteroatoms. The van der Waals surface area contributed by atoms with Crippen molar-refractivity contribution in [3.63, 3.8) is 0 Å². The third kappa shape index (κ3) is 3.06. The zero-order valence-electron chi connectivity index (χ0n) is 12.5. The number of amides is 1. The van der Waals surface area contributed by atoms with E-state index in [0.29, 0.717) is 19.6 Å². The van der Waals surface area contributed by atoms with Gasteiger partial charge in [-0.25, -0.2) is 0 Å². The van der Waals surface area contributed by atoms with E-state index in [2.05, 4.69) is 11.4 Å². The van der Waals surface area contributed by atoms with Crippen LogP contribution in [0.15, 0.2) is 48.5 Å². The number of benzene rings is 2. The molecular weight excluding hydrogens is 278 g/mol. The molecule has 0 saturated heterocycles. The van der Waals surface area contributed by atoms with Crippen LogP contribution in [0, 0.1) is 0 Å². The number of carbonyl (C=O) groups is 1. The molecule has 1 amide bonds. The Hall–Kier alpha value is -2.49. The fourth-order valence-electron chi connectivity index (χ4n) is 2.72. The van der Waals surface area contributed by atoms with Crippen LogP contribution in [0.3, 0.4) is 0 Å². The summed E-state index contributed by atoms with van der Waals surface area (Å²) < 4.78 is 10.9. The summed E-state index contributed by atoms with van der Waals surface area (Å²) in [4.78, 5) is 12.1. The Balaban J connectivity index is 1.57. The smallest absolute Gasteiger partial charge is 0.224 e. The summed E-state index contributed by atoms with van der Waals surface area (Å²) in [6, 6.07) is 15.6. The Bertz CT molecular complexity index is 669. The van der Waals surface area contributed by atoms with E-state index in [4.69, 9.17) is 9.47 Å². The number of ether oxygens (including phenoxy) is 2. The van der Waals surface area contributed by atoms with Crippen LogP contribution in [0.2, 0.25) is 0 Å². The summed E-state index contributed by atoms with van der Waals surface area (Å²) in [5.41, 5.74) is 2.06. The molecule has 0 saturated carbocycles. The van der Waals surface area contributed by atoms with Gasteiger partial charge in [0.2, 0.25) is 5.91 Å². The van der Waals surface area contributed by atoms with Gasteiger partial charge in [0.15, 0.2) is 0 Å². The highest BCUT2D eigenvalue weighted by atomic mass is 16.5. The second-order valence-electron chi connectivity index (χ2n) is 5.34. The standard InChI is InChI=1S/C18H19NO3/c1-21-16-8-4-2-6-13(16)10-18(20)19-11-14-12-22-17-9-5-3-7-15(14)17/h2-9,14H,10-12H2,1H3,(H,19,20). The first-order valence-electron chi connectivity index (χ1n) is 7.38. The lowest BCUT2D eigenvalue weighted by atomic mass is 10.0. The lowest BCUT2D eigenvalue weighted by molar-refractivity contribution is -0.120. The van der Waals surface area contributed by atoms with Crippen LogP contribution in [-0.2, 0) is 11.2 Å². The van der Waals surface area contributed by atoms with E-state index in [1.165, 1.54) is 5.56 Å². The highest BCUT2D eigenvalue weighted by Gasteiger charge is 2.23. The third-order valence-electron chi connectivity index (χ3n) is 3.89. The van der Waals surface area contributed by atoms with Gasteiger partial charge in [0.05, 0.1) is 20.1 Å². The summed E-state index contributed by atoms with van der Waals surface area (Å²) in [5.74, 6) is 1.88. The SMILES string of the molecule is COc1ccccc1CC(=O)NCC1COc2ccccc21. The molecule has 1 N–H and O–H groups in total. The molecule has 1 aliphatic rings. The lowest BCUT2D eigenvalue weighted by Gasteiger charge is -2.12. The van der Waals surface area contributed by atoms with E-state index < -0.39 is 0 Å². The van der Waals surface area contributed by atoms with Gasteiger partial charge in [-0.05, 0) is 12.1 Å². The maximum absolute atomic E-state index is 12.1. The van der Waals surface area contributed by atoms with Gasteiger partial charge in [-0.2, -0.15) is 0 Å². The first kappa shape index (κ1) is 14.4. The predicted octanol–water partition coefficient (Wildman–Crippen LogP) is 2.53. The average Bonchev–Trinajstić information content (AvgIpc) is 2.97. The first-order chi connectivity index (χ1) is 10.8. The number of rotatable bonds is 5. The van der Waals surface area contributed by atoms with Crippen LogP contribution in [-0.4, -0.2) is 26.2 Å². The van der Waals surface area contributed by atoms with Crippen molar-refractivity contribution in [2.24, 2.45) is 0 Å². The van der Waals surface area contributed by atoms with Crippen LogP contribution in [0.5, 0.6) is 11.5 Å². The van der Waals surface area contributed by atoms with Gasteiger partial charge in [0.25, 0.3) is 0 Å². The fraction of sp³-hybridized carbons (Fsp3) is 0.278. The predicted molar refractivity (Wildman–Crippen MR) is 84.4 cm³/mol. The molecule has 0 radical (unpaired) electrons. The minimum Gasteiger partial charge on any atom is -0.496 e. The average molecular weight is 297 g/mol. The van der Waals surface area contributed by atoms with Gasteiger partial charge >= 0.3 is 0 Å². The Labute approximate surface area is 130 Å².